The molecule has 1 aliphatic carbocycles. The molecule has 1 fully saturated rings. The quantitative estimate of drug-likeness (QED) is 0.709. The average Bonchev–Trinajstić information content (AvgIpc) is 2.55. The van der Waals surface area contributed by atoms with Gasteiger partial charge in [-0.15, -0.1) is 0 Å². The van der Waals surface area contributed by atoms with Crippen molar-refractivity contribution in [3.63, 3.8) is 0 Å². The highest BCUT2D eigenvalue weighted by molar-refractivity contribution is 7.90. The summed E-state index contributed by atoms with van der Waals surface area (Å²) in [7, 11) is -3.72. The number of carboxylic acid groups (broad SMARTS) is 1. The lowest BCUT2D eigenvalue weighted by atomic mass is 10.2. The maximum Gasteiger partial charge on any atom is 0.323 e. The third-order valence-electron chi connectivity index (χ3n) is 2.63. The van der Waals surface area contributed by atoms with Crippen LogP contribution in [0.4, 0.5) is 0 Å². The molecule has 0 bridgehead atoms. The zero-order valence-corrected chi connectivity index (χ0v) is 9.26. The van der Waals surface area contributed by atoms with Crippen molar-refractivity contribution < 1.29 is 18.3 Å². The Kier molecular flexibility index (Phi) is 2.62. The van der Waals surface area contributed by atoms with Gasteiger partial charge in [-0.1, -0.05) is 13.8 Å². The molecule has 0 aliphatic heterocycles. The van der Waals surface area contributed by atoms with Crippen molar-refractivity contribution in [1.82, 2.24) is 4.72 Å². The van der Waals surface area contributed by atoms with Crippen molar-refractivity contribution in [3.05, 3.63) is 0 Å². The molecule has 1 aliphatic rings. The Balaban J connectivity index is 2.65. The largest absolute Gasteiger partial charge is 0.480 e. The molecule has 14 heavy (non-hydrogen) atoms. The number of nitrogens with one attached hydrogen (secondary N) is 1. The van der Waals surface area contributed by atoms with Crippen LogP contribution in [-0.4, -0.2) is 30.8 Å². The van der Waals surface area contributed by atoms with Gasteiger partial charge in [0.25, 0.3) is 0 Å². The van der Waals surface area contributed by atoms with E-state index in [1.807, 2.05) is 13.8 Å². The van der Waals surface area contributed by atoms with Crippen LogP contribution in [0.5, 0.6) is 0 Å². The van der Waals surface area contributed by atoms with Gasteiger partial charge in [-0.05, 0) is 18.8 Å². The molecule has 0 aromatic carbocycles. The van der Waals surface area contributed by atoms with E-state index in [4.69, 9.17) is 5.11 Å². The summed E-state index contributed by atoms with van der Waals surface area (Å²) in [6.07, 6.45) is 0.762. The smallest absolute Gasteiger partial charge is 0.323 e. The molecule has 2 N–H and O–H groups in total. The van der Waals surface area contributed by atoms with Crippen molar-refractivity contribution in [2.45, 2.75) is 38.5 Å². The van der Waals surface area contributed by atoms with Gasteiger partial charge >= 0.3 is 5.97 Å². The molecule has 6 heteroatoms. The minimum absolute atomic E-state index is 0.0364. The highest BCUT2D eigenvalue weighted by atomic mass is 32.2. The normalized spacial score (nSPS) is 26.9. The Morgan fingerprint density at radius 3 is 2.29 bits per heavy atom. The van der Waals surface area contributed by atoms with Crippen LogP contribution in [0.1, 0.15) is 27.2 Å². The Morgan fingerprint density at radius 2 is 2.00 bits per heavy atom. The van der Waals surface area contributed by atoms with Crippen molar-refractivity contribution in [3.8, 4) is 0 Å². The molecular formula is C8H15NO4S. The van der Waals surface area contributed by atoms with Gasteiger partial charge in [0.15, 0.2) is 5.25 Å². The minimum atomic E-state index is -3.72. The van der Waals surface area contributed by atoms with Crippen molar-refractivity contribution in [2.24, 2.45) is 5.41 Å². The minimum Gasteiger partial charge on any atom is -0.480 e. The number of carboxylic acids is 1. The first kappa shape index (κ1) is 11.5. The van der Waals surface area contributed by atoms with Gasteiger partial charge < -0.3 is 5.11 Å². The summed E-state index contributed by atoms with van der Waals surface area (Å²) in [5, 5.41) is 7.17. The number of aliphatic carboxylic acids is 1. The lowest BCUT2D eigenvalue weighted by molar-refractivity contribution is -0.136. The first-order valence-corrected chi connectivity index (χ1v) is 5.95. The molecule has 1 saturated carbocycles. The van der Waals surface area contributed by atoms with Gasteiger partial charge in [0.2, 0.25) is 10.0 Å². The lowest BCUT2D eigenvalue weighted by Crippen LogP contribution is -2.39. The zero-order chi connectivity index (χ0) is 11.1. The first-order valence-electron chi connectivity index (χ1n) is 4.41. The van der Waals surface area contributed by atoms with E-state index in [1.54, 1.807) is 0 Å². The predicted octanol–water partition coefficient (Wildman–Crippen LogP) is 0.177. The summed E-state index contributed by atoms with van der Waals surface area (Å²) in [5.41, 5.74) is -0.0364. The molecule has 0 radical (unpaired) electrons. The van der Waals surface area contributed by atoms with Crippen LogP contribution >= 0.6 is 0 Å². The van der Waals surface area contributed by atoms with Gasteiger partial charge in [0.1, 0.15) is 0 Å². The second-order valence-corrected chi connectivity index (χ2v) is 6.42. The average molecular weight is 221 g/mol. The monoisotopic (exact) mass is 221 g/mol. The summed E-state index contributed by atoms with van der Waals surface area (Å²) in [6.45, 7) is 5.04. The van der Waals surface area contributed by atoms with E-state index in [1.165, 1.54) is 6.92 Å². The third kappa shape index (κ3) is 2.24. The molecule has 0 heterocycles. The predicted molar refractivity (Wildman–Crippen MR) is 51.3 cm³/mol. The second-order valence-electron chi connectivity index (χ2n) is 4.39. The molecule has 2 atom stereocenters. The summed E-state index contributed by atoms with van der Waals surface area (Å²) >= 11 is 0. The van der Waals surface area contributed by atoms with Gasteiger partial charge in [0, 0.05) is 6.04 Å². The summed E-state index contributed by atoms with van der Waals surface area (Å²) in [6, 6.07) is -0.116. The van der Waals surface area contributed by atoms with Crippen LogP contribution in [0.25, 0.3) is 0 Å². The molecule has 0 amide bonds. The molecule has 0 saturated heterocycles. The highest BCUT2D eigenvalue weighted by Gasteiger charge is 2.48. The third-order valence-corrected chi connectivity index (χ3v) is 4.38. The van der Waals surface area contributed by atoms with Gasteiger partial charge in [-0.3, -0.25) is 4.79 Å². The molecule has 82 valence electrons. The highest BCUT2D eigenvalue weighted by Crippen LogP contribution is 2.45. The molecular weight excluding hydrogens is 206 g/mol. The summed E-state index contributed by atoms with van der Waals surface area (Å²) in [4.78, 5) is 10.5. The Hall–Kier alpha value is -0.620. The number of hydrogen-bond donors (Lipinski definition) is 2. The standard InChI is InChI=1S/C8H15NO4S/c1-5(7(10)11)14(12,13)9-6-4-8(6,2)3/h5-6,9H,4H2,1-3H3,(H,10,11). The van der Waals surface area contributed by atoms with E-state index >= 15 is 0 Å². The molecule has 0 aromatic rings. The number of carbonyl (C=O) groups is 1. The van der Waals surface area contributed by atoms with Crippen molar-refractivity contribution >= 4 is 16.0 Å². The van der Waals surface area contributed by atoms with Crippen LogP contribution in [0.15, 0.2) is 0 Å². The van der Waals surface area contributed by atoms with E-state index < -0.39 is 21.2 Å². The van der Waals surface area contributed by atoms with E-state index in [9.17, 15) is 13.2 Å². The Bertz CT molecular complexity index is 346. The molecule has 0 spiro atoms. The lowest BCUT2D eigenvalue weighted by Gasteiger charge is -2.10. The topological polar surface area (TPSA) is 83.5 Å². The number of rotatable bonds is 4. The van der Waals surface area contributed by atoms with E-state index in [0.717, 1.165) is 6.42 Å². The molecule has 0 aromatic heterocycles. The van der Waals surface area contributed by atoms with Crippen LogP contribution in [0.2, 0.25) is 0 Å². The fraction of sp³-hybridized carbons (Fsp3) is 0.875. The molecule has 5 nitrogen and oxygen atoms in total. The van der Waals surface area contributed by atoms with Crippen LogP contribution in [-0.2, 0) is 14.8 Å². The maximum absolute atomic E-state index is 11.4. The van der Waals surface area contributed by atoms with Crippen molar-refractivity contribution in [2.75, 3.05) is 0 Å². The summed E-state index contributed by atoms with van der Waals surface area (Å²) < 4.78 is 25.2. The number of hydrogen-bond acceptors (Lipinski definition) is 3. The number of sulfonamides is 1. The van der Waals surface area contributed by atoms with E-state index in [-0.39, 0.29) is 11.5 Å². The Labute approximate surface area is 83.6 Å². The fourth-order valence-corrected chi connectivity index (χ4v) is 2.37. The van der Waals surface area contributed by atoms with Gasteiger partial charge in [0.05, 0.1) is 0 Å². The Morgan fingerprint density at radius 1 is 1.57 bits per heavy atom. The second kappa shape index (κ2) is 3.20. The van der Waals surface area contributed by atoms with Crippen molar-refractivity contribution in [1.29, 1.82) is 0 Å². The van der Waals surface area contributed by atoms with Crippen LogP contribution in [0.3, 0.4) is 0 Å². The van der Waals surface area contributed by atoms with Gasteiger partial charge in [-0.25, -0.2) is 13.1 Å². The molecule has 2 unspecified atom stereocenters. The van der Waals surface area contributed by atoms with E-state index in [0.29, 0.717) is 0 Å². The van der Waals surface area contributed by atoms with E-state index in [2.05, 4.69) is 4.72 Å². The fourth-order valence-electron chi connectivity index (χ4n) is 1.10. The molecule has 1 rings (SSSR count). The van der Waals surface area contributed by atoms with Gasteiger partial charge in [-0.2, -0.15) is 0 Å². The first-order chi connectivity index (χ1) is 6.17. The SMILES string of the molecule is CC(C(=O)O)S(=O)(=O)NC1CC1(C)C. The van der Waals surface area contributed by atoms with Crippen LogP contribution < -0.4 is 4.72 Å². The summed E-state index contributed by atoms with van der Waals surface area (Å²) in [5.74, 6) is -1.32. The maximum atomic E-state index is 11.4. The zero-order valence-electron chi connectivity index (χ0n) is 8.44. The van der Waals surface area contributed by atoms with Crippen LogP contribution in [0, 0.1) is 5.41 Å².